The van der Waals surface area contributed by atoms with Crippen LogP contribution in [-0.4, -0.2) is 25.6 Å². The second-order valence-electron chi connectivity index (χ2n) is 4.38. The summed E-state index contributed by atoms with van der Waals surface area (Å²) in [5.41, 5.74) is 0. The zero-order chi connectivity index (χ0) is 12.6. The molecular formula is C10H23O4PS. The van der Waals surface area contributed by atoms with Gasteiger partial charge in [-0.1, -0.05) is 27.7 Å². The van der Waals surface area contributed by atoms with Crippen LogP contribution >= 0.6 is 20.5 Å². The molecule has 0 radical (unpaired) electrons. The van der Waals surface area contributed by atoms with Crippen LogP contribution in [0.1, 0.15) is 27.7 Å². The summed E-state index contributed by atoms with van der Waals surface area (Å²) in [7, 11) is -3.39. The van der Waals surface area contributed by atoms with E-state index in [1.807, 2.05) is 27.7 Å². The zero-order valence-corrected chi connectivity index (χ0v) is 12.3. The minimum atomic E-state index is -3.39. The topological polar surface area (TPSA) is 44.8 Å². The van der Waals surface area contributed by atoms with Gasteiger partial charge in [0.05, 0.1) is 19.8 Å². The van der Waals surface area contributed by atoms with Gasteiger partial charge < -0.3 is 0 Å². The Bertz CT molecular complexity index is 205. The van der Waals surface area contributed by atoms with Crippen molar-refractivity contribution >= 4 is 20.5 Å². The first-order chi connectivity index (χ1) is 7.39. The average Bonchev–Trinajstić information content (AvgIpc) is 2.21. The molecule has 0 N–H and O–H groups in total. The van der Waals surface area contributed by atoms with Crippen LogP contribution < -0.4 is 0 Å². The van der Waals surface area contributed by atoms with Gasteiger partial charge in [-0.2, -0.15) is 12.6 Å². The van der Waals surface area contributed by atoms with E-state index in [1.165, 1.54) is 0 Å². The fourth-order valence-electron chi connectivity index (χ4n) is 0.745. The molecule has 0 aromatic rings. The highest BCUT2D eigenvalue weighted by atomic mass is 32.1. The molecule has 0 heterocycles. The fraction of sp³-hybridized carbons (Fsp3) is 1.00. The summed E-state index contributed by atoms with van der Waals surface area (Å²) in [4.78, 5) is 0. The fourth-order valence-corrected chi connectivity index (χ4v) is 2.48. The molecule has 0 bridgehead atoms. The lowest BCUT2D eigenvalue weighted by Crippen LogP contribution is -2.09. The van der Waals surface area contributed by atoms with Crippen molar-refractivity contribution in [3.8, 4) is 0 Å². The molecule has 0 unspecified atom stereocenters. The Morgan fingerprint density at radius 1 is 1.00 bits per heavy atom. The van der Waals surface area contributed by atoms with E-state index in [9.17, 15) is 4.57 Å². The van der Waals surface area contributed by atoms with Gasteiger partial charge in [0.2, 0.25) is 0 Å². The molecular weight excluding hydrogens is 247 g/mol. The molecule has 0 aromatic heterocycles. The zero-order valence-electron chi connectivity index (χ0n) is 10.5. The summed E-state index contributed by atoms with van der Waals surface area (Å²) in [6.07, 6.45) is 0. The largest absolute Gasteiger partial charge is 0.474 e. The molecule has 0 aromatic carbocycles. The van der Waals surface area contributed by atoms with Gasteiger partial charge >= 0.3 is 7.82 Å². The smallest absolute Gasteiger partial charge is 0.287 e. The van der Waals surface area contributed by atoms with Gasteiger partial charge in [0.1, 0.15) is 0 Å². The average molecular weight is 270 g/mol. The van der Waals surface area contributed by atoms with Crippen molar-refractivity contribution in [1.29, 1.82) is 0 Å². The van der Waals surface area contributed by atoms with E-state index in [4.69, 9.17) is 13.6 Å². The Labute approximate surface area is 104 Å². The maximum absolute atomic E-state index is 12.1. The van der Waals surface area contributed by atoms with Crippen molar-refractivity contribution in [2.24, 2.45) is 11.8 Å². The van der Waals surface area contributed by atoms with E-state index in [2.05, 4.69) is 12.6 Å². The number of hydrogen-bond donors (Lipinski definition) is 1. The third-order valence-corrected chi connectivity index (χ3v) is 3.08. The quantitative estimate of drug-likeness (QED) is 0.515. The van der Waals surface area contributed by atoms with Gasteiger partial charge in [0, 0.05) is 5.75 Å². The van der Waals surface area contributed by atoms with Crippen LogP contribution in [0, 0.1) is 11.8 Å². The molecule has 0 rings (SSSR count). The van der Waals surface area contributed by atoms with Gasteiger partial charge in [-0.15, -0.1) is 0 Å². The second kappa shape index (κ2) is 8.54. The first kappa shape index (κ1) is 16.5. The van der Waals surface area contributed by atoms with Gasteiger partial charge in [-0.3, -0.25) is 13.6 Å². The van der Waals surface area contributed by atoms with E-state index < -0.39 is 7.82 Å². The Hall–Kier alpha value is 0.460. The van der Waals surface area contributed by atoms with Crippen LogP contribution in [0.25, 0.3) is 0 Å². The van der Waals surface area contributed by atoms with Gasteiger partial charge in [0.15, 0.2) is 0 Å². The van der Waals surface area contributed by atoms with E-state index in [0.717, 1.165) is 0 Å². The summed E-state index contributed by atoms with van der Waals surface area (Å²) in [6, 6.07) is 0. The Kier molecular flexibility index (Phi) is 8.78. The third kappa shape index (κ3) is 8.59. The number of thiol groups is 1. The summed E-state index contributed by atoms with van der Waals surface area (Å²) in [5.74, 6) is 1.06. The SMILES string of the molecule is CC(C)COP(=O)(OCCS)OCC(C)C. The highest BCUT2D eigenvalue weighted by molar-refractivity contribution is 7.80. The summed E-state index contributed by atoms with van der Waals surface area (Å²) >= 11 is 3.99. The summed E-state index contributed by atoms with van der Waals surface area (Å²) in [6.45, 7) is 8.90. The monoisotopic (exact) mass is 270 g/mol. The van der Waals surface area contributed by atoms with Crippen molar-refractivity contribution in [2.75, 3.05) is 25.6 Å². The molecule has 0 amide bonds. The Balaban J connectivity index is 4.18. The lowest BCUT2D eigenvalue weighted by molar-refractivity contribution is 0.0998. The summed E-state index contributed by atoms with van der Waals surface area (Å²) < 4.78 is 27.6. The van der Waals surface area contributed by atoms with Crippen molar-refractivity contribution < 1.29 is 18.1 Å². The first-order valence-corrected chi connectivity index (χ1v) is 7.63. The van der Waals surface area contributed by atoms with E-state index in [0.29, 0.717) is 19.0 Å². The van der Waals surface area contributed by atoms with Crippen LogP contribution in [-0.2, 0) is 18.1 Å². The molecule has 16 heavy (non-hydrogen) atoms. The van der Waals surface area contributed by atoms with Crippen LogP contribution in [0.15, 0.2) is 0 Å². The molecule has 4 nitrogen and oxygen atoms in total. The molecule has 0 saturated heterocycles. The minimum absolute atomic E-state index is 0.260. The number of hydrogen-bond acceptors (Lipinski definition) is 5. The maximum atomic E-state index is 12.1. The predicted octanol–water partition coefficient (Wildman–Crippen LogP) is 3.39. The van der Waals surface area contributed by atoms with Crippen LogP contribution in [0.3, 0.4) is 0 Å². The van der Waals surface area contributed by atoms with E-state index in [-0.39, 0.29) is 18.4 Å². The highest BCUT2D eigenvalue weighted by Gasteiger charge is 2.27. The second-order valence-corrected chi connectivity index (χ2v) is 6.50. The molecule has 0 saturated carbocycles. The molecule has 0 spiro atoms. The van der Waals surface area contributed by atoms with E-state index in [1.54, 1.807) is 0 Å². The maximum Gasteiger partial charge on any atom is 0.474 e. The first-order valence-electron chi connectivity index (χ1n) is 5.54. The Morgan fingerprint density at radius 3 is 1.75 bits per heavy atom. The van der Waals surface area contributed by atoms with E-state index >= 15 is 0 Å². The molecule has 0 aliphatic rings. The lowest BCUT2D eigenvalue weighted by Gasteiger charge is -2.19. The molecule has 0 atom stereocenters. The molecule has 0 fully saturated rings. The number of phosphoric ester groups is 1. The van der Waals surface area contributed by atoms with Crippen molar-refractivity contribution in [3.05, 3.63) is 0 Å². The van der Waals surface area contributed by atoms with Crippen LogP contribution in [0.5, 0.6) is 0 Å². The van der Waals surface area contributed by atoms with Gasteiger partial charge in [-0.25, -0.2) is 4.57 Å². The standard InChI is InChI=1S/C10H23O4PS/c1-9(2)7-13-15(11,12-5-6-16)14-8-10(3)4/h9-10,16H,5-8H2,1-4H3. The van der Waals surface area contributed by atoms with Crippen LogP contribution in [0.2, 0.25) is 0 Å². The Morgan fingerprint density at radius 2 is 1.44 bits per heavy atom. The predicted molar refractivity (Wildman–Crippen MR) is 69.0 cm³/mol. The highest BCUT2D eigenvalue weighted by Crippen LogP contribution is 2.49. The summed E-state index contributed by atoms with van der Waals surface area (Å²) in [5, 5.41) is 0. The minimum Gasteiger partial charge on any atom is -0.287 e. The molecule has 98 valence electrons. The normalized spacial score (nSPS) is 12.7. The van der Waals surface area contributed by atoms with Crippen LogP contribution in [0.4, 0.5) is 0 Å². The molecule has 0 aliphatic carbocycles. The lowest BCUT2D eigenvalue weighted by atomic mass is 10.2. The number of phosphoric acid groups is 1. The van der Waals surface area contributed by atoms with Crippen molar-refractivity contribution in [1.82, 2.24) is 0 Å². The number of rotatable bonds is 9. The van der Waals surface area contributed by atoms with Gasteiger partial charge in [-0.05, 0) is 11.8 Å². The third-order valence-electron chi connectivity index (χ3n) is 1.47. The van der Waals surface area contributed by atoms with Crippen molar-refractivity contribution in [3.63, 3.8) is 0 Å². The van der Waals surface area contributed by atoms with Crippen molar-refractivity contribution in [2.45, 2.75) is 27.7 Å². The van der Waals surface area contributed by atoms with Gasteiger partial charge in [0.25, 0.3) is 0 Å². The molecule has 6 heteroatoms. The molecule has 0 aliphatic heterocycles.